The van der Waals surface area contributed by atoms with Crippen molar-refractivity contribution in [1.82, 2.24) is 10.2 Å². The second-order valence-electron chi connectivity index (χ2n) is 7.94. The zero-order chi connectivity index (χ0) is 19.7. The highest BCUT2D eigenvalue weighted by atomic mass is 16.5. The van der Waals surface area contributed by atoms with E-state index in [1.54, 1.807) is 24.3 Å². The highest BCUT2D eigenvalue weighted by Gasteiger charge is 2.37. The third-order valence-corrected chi connectivity index (χ3v) is 5.45. The van der Waals surface area contributed by atoms with Crippen molar-refractivity contribution in [3.05, 3.63) is 65.2 Å². The smallest absolute Gasteiger partial charge is 0.251 e. The molecule has 1 heterocycles. The number of ether oxygens (including phenoxy) is 1. The van der Waals surface area contributed by atoms with E-state index in [-0.39, 0.29) is 30.0 Å². The van der Waals surface area contributed by atoms with Crippen LogP contribution in [0, 0.1) is 0 Å². The van der Waals surface area contributed by atoms with Crippen LogP contribution >= 0.6 is 0 Å². The largest absolute Gasteiger partial charge is 0.491 e. The van der Waals surface area contributed by atoms with Crippen LogP contribution in [0.5, 0.6) is 5.75 Å². The van der Waals surface area contributed by atoms with Crippen LogP contribution in [0.4, 0.5) is 0 Å². The number of benzene rings is 2. The molecule has 2 amide bonds. The van der Waals surface area contributed by atoms with E-state index in [2.05, 4.69) is 17.4 Å². The minimum Gasteiger partial charge on any atom is -0.491 e. The van der Waals surface area contributed by atoms with Crippen molar-refractivity contribution in [2.75, 3.05) is 6.54 Å². The summed E-state index contributed by atoms with van der Waals surface area (Å²) < 4.78 is 5.61. The molecule has 1 N–H and O–H groups in total. The first-order valence-corrected chi connectivity index (χ1v) is 9.93. The lowest BCUT2D eigenvalue weighted by atomic mass is 10.1. The first kappa shape index (κ1) is 18.5. The van der Waals surface area contributed by atoms with E-state index >= 15 is 0 Å². The molecule has 5 nitrogen and oxygen atoms in total. The minimum absolute atomic E-state index is 0.0943. The molecule has 2 aromatic rings. The van der Waals surface area contributed by atoms with Gasteiger partial charge in [-0.1, -0.05) is 24.3 Å². The summed E-state index contributed by atoms with van der Waals surface area (Å²) in [6, 6.07) is 15.6. The molecule has 2 aromatic carbocycles. The van der Waals surface area contributed by atoms with Crippen LogP contribution in [0.15, 0.2) is 48.5 Å². The van der Waals surface area contributed by atoms with Gasteiger partial charge in [-0.15, -0.1) is 0 Å². The standard InChI is InChI=1S/C23H26N2O3/c1-15(2)28-21-9-7-16(8-10-21)23(27)24-19-13-22(26)25(14-19)20-11-17-5-3-4-6-18(17)12-20/h3-10,15,19-20H,11-14H2,1-2H3,(H,24,27)/t19-/m1/s1. The Balaban J connectivity index is 1.35. The molecular weight excluding hydrogens is 352 g/mol. The average Bonchev–Trinajstić information content (AvgIpc) is 3.24. The molecule has 0 unspecified atom stereocenters. The highest BCUT2D eigenvalue weighted by molar-refractivity contribution is 5.95. The predicted octanol–water partition coefficient (Wildman–Crippen LogP) is 2.97. The van der Waals surface area contributed by atoms with Gasteiger partial charge >= 0.3 is 0 Å². The molecule has 1 atom stereocenters. The molecule has 146 valence electrons. The Labute approximate surface area is 165 Å². The molecule has 4 rings (SSSR count). The van der Waals surface area contributed by atoms with E-state index in [4.69, 9.17) is 4.74 Å². The summed E-state index contributed by atoms with van der Waals surface area (Å²) in [5, 5.41) is 3.02. The van der Waals surface area contributed by atoms with Crippen LogP contribution in [0.25, 0.3) is 0 Å². The summed E-state index contributed by atoms with van der Waals surface area (Å²) in [7, 11) is 0. The zero-order valence-electron chi connectivity index (χ0n) is 16.4. The summed E-state index contributed by atoms with van der Waals surface area (Å²) in [6.45, 7) is 4.51. The summed E-state index contributed by atoms with van der Waals surface area (Å²) in [4.78, 5) is 27.1. The van der Waals surface area contributed by atoms with Gasteiger partial charge in [-0.2, -0.15) is 0 Å². The van der Waals surface area contributed by atoms with Crippen LogP contribution < -0.4 is 10.1 Å². The van der Waals surface area contributed by atoms with Gasteiger partial charge in [0.15, 0.2) is 0 Å². The van der Waals surface area contributed by atoms with Crippen LogP contribution in [-0.4, -0.2) is 41.4 Å². The second kappa shape index (κ2) is 7.66. The van der Waals surface area contributed by atoms with Crippen molar-refractivity contribution < 1.29 is 14.3 Å². The topological polar surface area (TPSA) is 58.6 Å². The first-order chi connectivity index (χ1) is 13.5. The Morgan fingerprint density at radius 1 is 1.04 bits per heavy atom. The number of fused-ring (bicyclic) bond motifs is 1. The Morgan fingerprint density at radius 2 is 1.68 bits per heavy atom. The van der Waals surface area contributed by atoms with E-state index in [9.17, 15) is 9.59 Å². The van der Waals surface area contributed by atoms with E-state index in [0.717, 1.165) is 18.6 Å². The van der Waals surface area contributed by atoms with E-state index in [1.165, 1.54) is 11.1 Å². The number of hydrogen-bond donors (Lipinski definition) is 1. The summed E-state index contributed by atoms with van der Waals surface area (Å²) in [5.41, 5.74) is 3.24. The van der Waals surface area contributed by atoms with Gasteiger partial charge in [0.05, 0.1) is 12.1 Å². The quantitative estimate of drug-likeness (QED) is 0.870. The molecule has 28 heavy (non-hydrogen) atoms. The number of amides is 2. The van der Waals surface area contributed by atoms with Gasteiger partial charge in [0.25, 0.3) is 5.91 Å². The molecule has 0 spiro atoms. The molecule has 0 radical (unpaired) electrons. The minimum atomic E-state index is -0.148. The first-order valence-electron chi connectivity index (χ1n) is 9.93. The lowest BCUT2D eigenvalue weighted by molar-refractivity contribution is -0.129. The van der Waals surface area contributed by atoms with Crippen molar-refractivity contribution >= 4 is 11.8 Å². The van der Waals surface area contributed by atoms with E-state index in [1.807, 2.05) is 30.9 Å². The van der Waals surface area contributed by atoms with Crippen LogP contribution in [0.2, 0.25) is 0 Å². The fraction of sp³-hybridized carbons (Fsp3) is 0.391. The lowest BCUT2D eigenvalue weighted by Crippen LogP contribution is -2.41. The normalized spacial score (nSPS) is 19.2. The Morgan fingerprint density at radius 3 is 2.29 bits per heavy atom. The van der Waals surface area contributed by atoms with Crippen LogP contribution in [0.3, 0.4) is 0 Å². The Bertz CT molecular complexity index is 851. The van der Waals surface area contributed by atoms with Crippen molar-refractivity contribution in [3.8, 4) is 5.75 Å². The van der Waals surface area contributed by atoms with Gasteiger partial charge in [-0.3, -0.25) is 9.59 Å². The fourth-order valence-corrected chi connectivity index (χ4v) is 4.16. The molecule has 0 saturated carbocycles. The number of carbonyl (C=O) groups excluding carboxylic acids is 2. The molecule has 2 aliphatic rings. The van der Waals surface area contributed by atoms with E-state index < -0.39 is 0 Å². The third kappa shape index (κ3) is 3.88. The third-order valence-electron chi connectivity index (χ3n) is 5.45. The number of likely N-dealkylation sites (tertiary alicyclic amines) is 1. The van der Waals surface area contributed by atoms with E-state index in [0.29, 0.717) is 18.5 Å². The van der Waals surface area contributed by atoms with Gasteiger partial charge in [-0.05, 0) is 62.1 Å². The molecule has 1 fully saturated rings. The summed E-state index contributed by atoms with van der Waals surface area (Å²) in [5.74, 6) is 0.726. The Hall–Kier alpha value is -2.82. The molecule has 1 aliphatic heterocycles. The van der Waals surface area contributed by atoms with Crippen molar-refractivity contribution in [1.29, 1.82) is 0 Å². The SMILES string of the molecule is CC(C)Oc1ccc(C(=O)N[C@@H]2CC(=O)N(C3Cc4ccccc4C3)C2)cc1. The van der Waals surface area contributed by atoms with Crippen molar-refractivity contribution in [2.45, 2.75) is 51.3 Å². The lowest BCUT2D eigenvalue weighted by Gasteiger charge is -2.24. The molecular formula is C23H26N2O3. The number of rotatable bonds is 5. The molecule has 0 aromatic heterocycles. The molecule has 0 bridgehead atoms. The molecule has 5 heteroatoms. The second-order valence-corrected chi connectivity index (χ2v) is 7.94. The number of hydrogen-bond acceptors (Lipinski definition) is 3. The molecule has 1 saturated heterocycles. The number of carbonyl (C=O) groups is 2. The van der Waals surface area contributed by atoms with Crippen molar-refractivity contribution in [2.24, 2.45) is 0 Å². The molecule has 1 aliphatic carbocycles. The predicted molar refractivity (Wildman–Crippen MR) is 107 cm³/mol. The zero-order valence-corrected chi connectivity index (χ0v) is 16.4. The average molecular weight is 378 g/mol. The van der Waals surface area contributed by atoms with Gasteiger partial charge in [0, 0.05) is 24.6 Å². The highest BCUT2D eigenvalue weighted by Crippen LogP contribution is 2.28. The van der Waals surface area contributed by atoms with Crippen molar-refractivity contribution in [3.63, 3.8) is 0 Å². The van der Waals surface area contributed by atoms with Gasteiger partial charge in [0.1, 0.15) is 5.75 Å². The maximum absolute atomic E-state index is 12.6. The van der Waals surface area contributed by atoms with Crippen LogP contribution in [0.1, 0.15) is 41.8 Å². The Kier molecular flexibility index (Phi) is 5.07. The fourth-order valence-electron chi connectivity index (χ4n) is 4.16. The maximum Gasteiger partial charge on any atom is 0.251 e. The van der Waals surface area contributed by atoms with Gasteiger partial charge in [-0.25, -0.2) is 0 Å². The van der Waals surface area contributed by atoms with Gasteiger partial charge in [0.2, 0.25) is 5.91 Å². The monoisotopic (exact) mass is 378 g/mol. The maximum atomic E-state index is 12.6. The number of nitrogens with one attached hydrogen (secondary N) is 1. The van der Waals surface area contributed by atoms with Crippen LogP contribution in [-0.2, 0) is 17.6 Å². The number of nitrogens with zero attached hydrogens (tertiary/aromatic N) is 1. The summed E-state index contributed by atoms with van der Waals surface area (Å²) in [6.07, 6.45) is 2.27. The summed E-state index contributed by atoms with van der Waals surface area (Å²) >= 11 is 0. The van der Waals surface area contributed by atoms with Gasteiger partial charge < -0.3 is 15.0 Å².